The van der Waals surface area contributed by atoms with Crippen LogP contribution in [0.3, 0.4) is 0 Å². The highest BCUT2D eigenvalue weighted by molar-refractivity contribution is 7.12. The van der Waals surface area contributed by atoms with E-state index in [0.29, 0.717) is 12.3 Å². The number of thiophene rings is 1. The van der Waals surface area contributed by atoms with Crippen LogP contribution in [0.1, 0.15) is 15.3 Å². The first-order chi connectivity index (χ1) is 10.0. The van der Waals surface area contributed by atoms with Gasteiger partial charge in [0.25, 0.3) is 0 Å². The minimum absolute atomic E-state index is 0.182. The summed E-state index contributed by atoms with van der Waals surface area (Å²) in [7, 11) is 0. The summed E-state index contributed by atoms with van der Waals surface area (Å²) in [5.41, 5.74) is 1.30. The van der Waals surface area contributed by atoms with Crippen LogP contribution in [-0.4, -0.2) is 24.4 Å². The summed E-state index contributed by atoms with van der Waals surface area (Å²) in [5, 5.41) is 13.1. The number of hydrogen-bond donors (Lipinski definition) is 2. The Morgan fingerprint density at radius 2 is 2.00 bits per heavy atom. The van der Waals surface area contributed by atoms with E-state index in [1.807, 2.05) is 0 Å². The number of aliphatic hydroxyl groups excluding tert-OH is 1. The summed E-state index contributed by atoms with van der Waals surface area (Å²) in [6.07, 6.45) is -0.600. The zero-order valence-electron chi connectivity index (χ0n) is 12.2. The van der Waals surface area contributed by atoms with Crippen molar-refractivity contribution in [3.05, 3.63) is 51.5 Å². The van der Waals surface area contributed by atoms with Gasteiger partial charge in [-0.25, -0.2) is 4.39 Å². The predicted molar refractivity (Wildman–Crippen MR) is 83.4 cm³/mol. The molecule has 2 aromatic rings. The summed E-state index contributed by atoms with van der Waals surface area (Å²) in [6.45, 7) is 5.58. The molecular formula is C16H20FNO2S. The molecule has 2 N–H and O–H groups in total. The van der Waals surface area contributed by atoms with Gasteiger partial charge in [-0.05, 0) is 49.7 Å². The Labute approximate surface area is 128 Å². The second-order valence-corrected chi connectivity index (χ2v) is 6.34. The van der Waals surface area contributed by atoms with Crippen LogP contribution in [0.25, 0.3) is 0 Å². The smallest absolute Gasteiger partial charge is 0.123 e. The van der Waals surface area contributed by atoms with E-state index < -0.39 is 6.10 Å². The topological polar surface area (TPSA) is 41.5 Å². The van der Waals surface area contributed by atoms with Crippen LogP contribution in [0.4, 0.5) is 4.39 Å². The van der Waals surface area contributed by atoms with Gasteiger partial charge in [-0.15, -0.1) is 11.3 Å². The van der Waals surface area contributed by atoms with Gasteiger partial charge in [0.1, 0.15) is 24.3 Å². The summed E-state index contributed by atoms with van der Waals surface area (Å²) < 4.78 is 18.1. The normalized spacial score (nSPS) is 12.4. The van der Waals surface area contributed by atoms with Crippen LogP contribution in [0.15, 0.2) is 30.3 Å². The molecule has 0 aliphatic heterocycles. The van der Waals surface area contributed by atoms with Crippen molar-refractivity contribution >= 4 is 11.3 Å². The lowest BCUT2D eigenvalue weighted by molar-refractivity contribution is 0.106. The minimum Gasteiger partial charge on any atom is -0.491 e. The van der Waals surface area contributed by atoms with Gasteiger partial charge >= 0.3 is 0 Å². The number of aliphatic hydroxyl groups is 1. The number of hydrogen-bond acceptors (Lipinski definition) is 4. The average molecular weight is 309 g/mol. The standard InChI is InChI=1S/C16H20FNO2S/c1-11-7-16(21-12(11)2)9-18-8-14(19)10-20-15-5-3-13(17)4-6-15/h3-7,14,18-19H,8-10H2,1-2H3. The Morgan fingerprint density at radius 1 is 1.29 bits per heavy atom. The maximum Gasteiger partial charge on any atom is 0.123 e. The van der Waals surface area contributed by atoms with Gasteiger partial charge in [0.05, 0.1) is 0 Å². The largest absolute Gasteiger partial charge is 0.491 e. The third-order valence-electron chi connectivity index (χ3n) is 3.15. The summed E-state index contributed by atoms with van der Waals surface area (Å²) in [4.78, 5) is 2.59. The fourth-order valence-corrected chi connectivity index (χ4v) is 2.90. The molecule has 0 spiro atoms. The van der Waals surface area contributed by atoms with E-state index in [-0.39, 0.29) is 12.4 Å². The highest BCUT2D eigenvalue weighted by atomic mass is 32.1. The first-order valence-electron chi connectivity index (χ1n) is 6.87. The molecule has 1 atom stereocenters. The van der Waals surface area contributed by atoms with Gasteiger partial charge in [-0.1, -0.05) is 0 Å². The molecule has 0 radical (unpaired) electrons. The van der Waals surface area contributed by atoms with Crippen LogP contribution >= 0.6 is 11.3 Å². The second kappa shape index (κ2) is 7.54. The molecule has 0 fully saturated rings. The maximum atomic E-state index is 12.7. The lowest BCUT2D eigenvalue weighted by Crippen LogP contribution is -2.30. The van der Waals surface area contributed by atoms with Crippen molar-refractivity contribution in [2.45, 2.75) is 26.5 Å². The van der Waals surface area contributed by atoms with Crippen LogP contribution in [0.2, 0.25) is 0 Å². The van der Waals surface area contributed by atoms with Crippen molar-refractivity contribution in [2.24, 2.45) is 0 Å². The molecular weight excluding hydrogens is 289 g/mol. The monoisotopic (exact) mass is 309 g/mol. The van der Waals surface area contributed by atoms with Crippen LogP contribution in [-0.2, 0) is 6.54 Å². The van der Waals surface area contributed by atoms with Gasteiger partial charge < -0.3 is 15.2 Å². The van der Waals surface area contributed by atoms with E-state index in [0.717, 1.165) is 6.54 Å². The third-order valence-corrected chi connectivity index (χ3v) is 4.30. The third kappa shape index (κ3) is 5.12. The molecule has 1 unspecified atom stereocenters. The maximum absolute atomic E-state index is 12.7. The SMILES string of the molecule is Cc1cc(CNCC(O)COc2ccc(F)cc2)sc1C. The number of ether oxygens (including phenoxy) is 1. The van der Waals surface area contributed by atoms with Gasteiger partial charge in [-0.2, -0.15) is 0 Å². The summed E-state index contributed by atoms with van der Waals surface area (Å²) >= 11 is 1.77. The molecule has 2 rings (SSSR count). The summed E-state index contributed by atoms with van der Waals surface area (Å²) in [5.74, 6) is 0.256. The fourth-order valence-electron chi connectivity index (χ4n) is 1.88. The quantitative estimate of drug-likeness (QED) is 0.826. The lowest BCUT2D eigenvalue weighted by Gasteiger charge is -2.13. The van der Waals surface area contributed by atoms with Crippen molar-refractivity contribution in [1.29, 1.82) is 0 Å². The Kier molecular flexibility index (Phi) is 5.73. The fraction of sp³-hybridized carbons (Fsp3) is 0.375. The van der Waals surface area contributed by atoms with Crippen molar-refractivity contribution in [1.82, 2.24) is 5.32 Å². The predicted octanol–water partition coefficient (Wildman–Crippen LogP) is 3.03. The van der Waals surface area contributed by atoms with Crippen molar-refractivity contribution < 1.29 is 14.2 Å². The number of benzene rings is 1. The van der Waals surface area contributed by atoms with Crippen LogP contribution in [0, 0.1) is 19.7 Å². The molecule has 0 saturated heterocycles. The number of halogens is 1. The molecule has 5 heteroatoms. The Bertz CT molecular complexity index is 549. The molecule has 0 aliphatic rings. The minimum atomic E-state index is -0.600. The molecule has 1 aromatic heterocycles. The zero-order chi connectivity index (χ0) is 15.2. The van der Waals surface area contributed by atoms with Crippen LogP contribution in [0.5, 0.6) is 5.75 Å². The number of aryl methyl sites for hydroxylation is 2. The molecule has 1 aromatic carbocycles. The number of nitrogens with one attached hydrogen (secondary N) is 1. The first-order valence-corrected chi connectivity index (χ1v) is 7.69. The Balaban J connectivity index is 1.67. The van der Waals surface area contributed by atoms with Gasteiger partial charge in [0.15, 0.2) is 0 Å². The highest BCUT2D eigenvalue weighted by Gasteiger charge is 2.06. The molecule has 1 heterocycles. The van der Waals surface area contributed by atoms with E-state index in [1.165, 1.54) is 27.5 Å². The van der Waals surface area contributed by atoms with Crippen molar-refractivity contribution in [2.75, 3.05) is 13.2 Å². The first kappa shape index (κ1) is 15.9. The van der Waals surface area contributed by atoms with E-state index in [2.05, 4.69) is 25.2 Å². The molecule has 21 heavy (non-hydrogen) atoms. The molecule has 0 saturated carbocycles. The second-order valence-electron chi connectivity index (χ2n) is 5.00. The lowest BCUT2D eigenvalue weighted by atomic mass is 10.3. The van der Waals surface area contributed by atoms with Gasteiger partial charge in [-0.3, -0.25) is 0 Å². The van der Waals surface area contributed by atoms with E-state index in [4.69, 9.17) is 4.74 Å². The molecule has 0 amide bonds. The summed E-state index contributed by atoms with van der Waals surface area (Å²) in [6, 6.07) is 7.93. The zero-order valence-corrected chi connectivity index (χ0v) is 13.0. The van der Waals surface area contributed by atoms with Crippen molar-refractivity contribution in [3.8, 4) is 5.75 Å². The Morgan fingerprint density at radius 3 is 2.62 bits per heavy atom. The molecule has 0 bridgehead atoms. The molecule has 3 nitrogen and oxygen atoms in total. The van der Waals surface area contributed by atoms with Gasteiger partial charge in [0, 0.05) is 22.8 Å². The van der Waals surface area contributed by atoms with E-state index in [9.17, 15) is 9.50 Å². The van der Waals surface area contributed by atoms with Crippen molar-refractivity contribution in [3.63, 3.8) is 0 Å². The van der Waals surface area contributed by atoms with Crippen LogP contribution < -0.4 is 10.1 Å². The molecule has 0 aliphatic carbocycles. The Hall–Kier alpha value is -1.43. The number of rotatable bonds is 7. The average Bonchev–Trinajstić information content (AvgIpc) is 2.77. The van der Waals surface area contributed by atoms with E-state index in [1.54, 1.807) is 23.5 Å². The highest BCUT2D eigenvalue weighted by Crippen LogP contribution is 2.20. The molecule has 114 valence electrons. The van der Waals surface area contributed by atoms with E-state index >= 15 is 0 Å². The van der Waals surface area contributed by atoms with Gasteiger partial charge in [0.2, 0.25) is 0 Å².